The molecule has 0 radical (unpaired) electrons. The number of aliphatic carboxylic acids is 1. The molecule has 2 N–H and O–H groups in total. The van der Waals surface area contributed by atoms with Crippen molar-refractivity contribution in [3.05, 3.63) is 47.8 Å². The summed E-state index contributed by atoms with van der Waals surface area (Å²) in [6.07, 6.45) is 5.09. The average molecular weight is 705 g/mol. The summed E-state index contributed by atoms with van der Waals surface area (Å²) in [4.78, 5) is 59.1. The van der Waals surface area contributed by atoms with Crippen LogP contribution in [0.3, 0.4) is 0 Å². The molecule has 4 rings (SSSR count). The summed E-state index contributed by atoms with van der Waals surface area (Å²) in [6.45, 7) is 17.7. The minimum atomic E-state index is -0.956. The van der Waals surface area contributed by atoms with E-state index in [-0.39, 0.29) is 36.7 Å². The first kappa shape index (κ1) is 43.5. The second kappa shape index (κ2) is 20.4. The quantitative estimate of drug-likeness (QED) is 0.220. The van der Waals surface area contributed by atoms with Gasteiger partial charge >= 0.3 is 37.0 Å². The van der Waals surface area contributed by atoms with E-state index in [4.69, 9.17) is 14.2 Å². The fraction of sp³-hybridized carbons (Fsp3) is 0.611. The number of nitrogens with one attached hydrogen (secondary N) is 2. The van der Waals surface area contributed by atoms with Crippen molar-refractivity contribution in [2.45, 2.75) is 98.4 Å². The molecule has 0 spiro atoms. The smallest absolute Gasteiger partial charge is 0.550 e. The van der Waals surface area contributed by atoms with Crippen LogP contribution in [0, 0.1) is 11.8 Å². The van der Waals surface area contributed by atoms with Gasteiger partial charge in [-0.25, -0.2) is 19.6 Å². The Bertz CT molecular complexity index is 1430. The number of hydrogen-bond donors (Lipinski definition) is 2. The number of carboxylic acid groups (broad SMARTS) is 1. The first-order chi connectivity index (χ1) is 23.5. The van der Waals surface area contributed by atoms with Gasteiger partial charge in [0.2, 0.25) is 0 Å². The molecule has 2 saturated heterocycles. The molecular formula is C36H53LiN6O8. The second-order valence-electron chi connectivity index (χ2n) is 14.5. The summed E-state index contributed by atoms with van der Waals surface area (Å²) in [5.74, 6) is -0.469. The van der Waals surface area contributed by atoms with E-state index in [1.54, 1.807) is 39.2 Å². The zero-order valence-electron chi connectivity index (χ0n) is 31.5. The number of hydrogen-bond acceptors (Lipinski definition) is 12. The molecule has 0 saturated carbocycles. The van der Waals surface area contributed by atoms with Crippen molar-refractivity contribution in [3.63, 3.8) is 0 Å². The molecule has 0 aromatic carbocycles. The van der Waals surface area contributed by atoms with Crippen LogP contribution in [0.1, 0.15) is 85.3 Å². The Morgan fingerprint density at radius 2 is 1.14 bits per heavy atom. The molecular weight excluding hydrogens is 651 g/mol. The number of pyridine rings is 2. The summed E-state index contributed by atoms with van der Waals surface area (Å²) >= 11 is 0. The van der Waals surface area contributed by atoms with Crippen LogP contribution in [-0.2, 0) is 36.9 Å². The molecule has 51 heavy (non-hydrogen) atoms. The first-order valence-electron chi connectivity index (χ1n) is 17.2. The predicted octanol–water partition coefficient (Wildman–Crippen LogP) is 1.60. The summed E-state index contributed by atoms with van der Waals surface area (Å²) < 4.78 is 15.5. The third-order valence-corrected chi connectivity index (χ3v) is 7.85. The zero-order chi connectivity index (χ0) is 36.9. The molecule has 2 amide bonds. The maximum atomic E-state index is 11.9. The summed E-state index contributed by atoms with van der Waals surface area (Å²) in [7, 11) is 0. The number of piperidine rings is 2. The van der Waals surface area contributed by atoms with Crippen molar-refractivity contribution in [3.8, 4) is 0 Å². The largest absolute Gasteiger partial charge is 1.00 e. The molecule has 2 aromatic heterocycles. The molecule has 276 valence electrons. The number of nitrogens with zero attached hydrogens (tertiary/aromatic N) is 4. The van der Waals surface area contributed by atoms with E-state index in [0.717, 1.165) is 56.7 Å². The van der Waals surface area contributed by atoms with Crippen LogP contribution >= 0.6 is 0 Å². The third-order valence-electron chi connectivity index (χ3n) is 7.85. The molecule has 2 aromatic rings. The molecule has 14 nitrogen and oxygen atoms in total. The second-order valence-corrected chi connectivity index (χ2v) is 14.5. The van der Waals surface area contributed by atoms with E-state index in [1.165, 1.54) is 0 Å². The Hall–Kier alpha value is -3.70. The summed E-state index contributed by atoms with van der Waals surface area (Å²) in [6, 6.07) is 7.46. The minimum Gasteiger partial charge on any atom is -0.550 e. The topological polar surface area (TPSA) is 175 Å². The molecule has 2 aliphatic rings. The Labute approximate surface area is 313 Å². The molecule has 4 heterocycles. The number of rotatable bonds is 9. The number of carbonyl (C=O) groups excluding carboxylic acids is 4. The van der Waals surface area contributed by atoms with Crippen molar-refractivity contribution in [1.29, 1.82) is 0 Å². The van der Waals surface area contributed by atoms with Gasteiger partial charge in [-0.05, 0) is 136 Å². The monoisotopic (exact) mass is 704 g/mol. The standard InChI is InChI=1S/C19H29N3O4.C17H25N3O4.Li/c1-5-25-17(23)15-7-10-22(11-8-15)13-14-6-9-20-16(12-14)21-18(24)26-19(2,3)4;1-17(2,3)24-16(23)19-14-10-12(4-7-18-14)11-20-8-5-13(6-9-20)15(21)22;/h6,9,12,15H,5,7-8,10-11,13H2,1-4H3,(H,20,21,24);4,7,10,13H,5-6,8-9,11H2,1-3H3,(H,21,22)(H,18,19,23);/q;;+1/p-1. The van der Waals surface area contributed by atoms with Gasteiger partial charge in [0, 0.05) is 37.4 Å². The maximum Gasteiger partial charge on any atom is 1.00 e. The molecule has 0 unspecified atom stereocenters. The van der Waals surface area contributed by atoms with Gasteiger partial charge in [-0.1, -0.05) is 0 Å². The van der Waals surface area contributed by atoms with E-state index in [2.05, 4.69) is 30.4 Å². The number of likely N-dealkylation sites (tertiary alicyclic amines) is 2. The fourth-order valence-electron chi connectivity index (χ4n) is 5.53. The van der Waals surface area contributed by atoms with Gasteiger partial charge in [0.1, 0.15) is 22.8 Å². The maximum absolute atomic E-state index is 11.9. The fourth-order valence-corrected chi connectivity index (χ4v) is 5.53. The van der Waals surface area contributed by atoms with Crippen LogP contribution in [0.15, 0.2) is 36.7 Å². The third kappa shape index (κ3) is 16.9. The number of esters is 1. The van der Waals surface area contributed by atoms with Gasteiger partial charge < -0.3 is 24.1 Å². The SMILES string of the molecule is CC(C)(C)OC(=O)Nc1cc(CN2CCC(C(=O)[O-])CC2)ccn1.CCOC(=O)C1CCN(Cc2ccnc(NC(=O)OC(C)(C)C)c2)CC1.[Li+]. The number of amides is 2. The van der Waals surface area contributed by atoms with Crippen molar-refractivity contribution in [2.75, 3.05) is 43.4 Å². The number of ether oxygens (including phenoxy) is 3. The van der Waals surface area contributed by atoms with Crippen LogP contribution in [-0.4, -0.2) is 87.9 Å². The van der Waals surface area contributed by atoms with E-state index in [0.29, 0.717) is 37.6 Å². The Kier molecular flexibility index (Phi) is 17.4. The van der Waals surface area contributed by atoms with Crippen LogP contribution in [0.2, 0.25) is 0 Å². The van der Waals surface area contributed by atoms with Gasteiger partial charge in [-0.2, -0.15) is 0 Å². The van der Waals surface area contributed by atoms with Crippen LogP contribution in [0.25, 0.3) is 0 Å². The number of carbonyl (C=O) groups is 4. The van der Waals surface area contributed by atoms with E-state index < -0.39 is 29.4 Å². The zero-order valence-corrected chi connectivity index (χ0v) is 31.5. The van der Waals surface area contributed by atoms with Crippen LogP contribution in [0.4, 0.5) is 21.2 Å². The van der Waals surface area contributed by atoms with Crippen LogP contribution in [0.5, 0.6) is 0 Å². The predicted molar refractivity (Wildman–Crippen MR) is 186 cm³/mol. The van der Waals surface area contributed by atoms with Crippen molar-refractivity contribution >= 4 is 35.8 Å². The number of anilines is 2. The molecule has 0 aliphatic carbocycles. The van der Waals surface area contributed by atoms with Crippen molar-refractivity contribution in [1.82, 2.24) is 19.8 Å². The normalized spacial score (nSPS) is 16.1. The Balaban J connectivity index is 0.000000348. The Morgan fingerprint density at radius 3 is 1.49 bits per heavy atom. The molecule has 15 heteroatoms. The number of carboxylic acids is 1. The summed E-state index contributed by atoms with van der Waals surface area (Å²) in [5.41, 5.74) is 0.944. The number of aromatic nitrogens is 2. The van der Waals surface area contributed by atoms with Crippen molar-refractivity contribution < 1.29 is 57.4 Å². The molecule has 2 fully saturated rings. The minimum absolute atomic E-state index is 0. The van der Waals surface area contributed by atoms with Crippen molar-refractivity contribution in [2.24, 2.45) is 11.8 Å². The Morgan fingerprint density at radius 1 is 0.745 bits per heavy atom. The van der Waals surface area contributed by atoms with Crippen LogP contribution < -0.4 is 34.6 Å². The van der Waals surface area contributed by atoms with Gasteiger partial charge in [-0.15, -0.1) is 0 Å². The van der Waals surface area contributed by atoms with Gasteiger partial charge in [0.05, 0.1) is 12.5 Å². The molecule has 2 aliphatic heterocycles. The van der Waals surface area contributed by atoms with Gasteiger partial charge in [0.25, 0.3) is 0 Å². The van der Waals surface area contributed by atoms with Gasteiger partial charge in [0.15, 0.2) is 0 Å². The average Bonchev–Trinajstić information content (AvgIpc) is 3.00. The van der Waals surface area contributed by atoms with Gasteiger partial charge in [-0.3, -0.25) is 25.2 Å². The summed E-state index contributed by atoms with van der Waals surface area (Å²) in [5, 5.41) is 16.2. The van der Waals surface area contributed by atoms with E-state index in [9.17, 15) is 24.3 Å². The molecule has 0 atom stereocenters. The molecule has 0 bridgehead atoms. The first-order valence-corrected chi connectivity index (χ1v) is 17.2. The van der Waals surface area contributed by atoms with E-state index >= 15 is 0 Å². The van der Waals surface area contributed by atoms with E-state index in [1.807, 2.05) is 45.9 Å².